The van der Waals surface area contributed by atoms with Crippen molar-refractivity contribution in [1.82, 2.24) is 4.98 Å². The molecule has 33 heavy (non-hydrogen) atoms. The van der Waals surface area contributed by atoms with Crippen LogP contribution in [0.4, 0.5) is 17.1 Å². The number of anilines is 2. The lowest BCUT2D eigenvalue weighted by atomic mass is 10.2. The monoisotopic (exact) mass is 465 g/mol. The van der Waals surface area contributed by atoms with Gasteiger partial charge < -0.3 is 9.72 Å². The number of aromatic nitrogens is 1. The summed E-state index contributed by atoms with van der Waals surface area (Å²) in [5.74, 6) is 0.567. The highest BCUT2D eigenvalue weighted by Gasteiger charge is 2.21. The molecule has 0 amide bonds. The SMILES string of the molecule is COc1ccc(NS(=O)(=O)c2ccc(NN=Cc3c[nH]c4ccccc34)c([N+](=O)[O-])c2)cc1. The highest BCUT2D eigenvalue weighted by Crippen LogP contribution is 2.29. The highest BCUT2D eigenvalue weighted by molar-refractivity contribution is 7.92. The second kappa shape index (κ2) is 9.01. The maximum atomic E-state index is 12.7. The number of benzene rings is 3. The van der Waals surface area contributed by atoms with E-state index in [0.29, 0.717) is 11.4 Å². The number of para-hydroxylation sites is 1. The average Bonchev–Trinajstić information content (AvgIpc) is 3.22. The van der Waals surface area contributed by atoms with Gasteiger partial charge in [0.2, 0.25) is 0 Å². The minimum atomic E-state index is -4.05. The molecule has 0 atom stereocenters. The van der Waals surface area contributed by atoms with Crippen molar-refractivity contribution in [3.63, 3.8) is 0 Å². The highest BCUT2D eigenvalue weighted by atomic mass is 32.2. The van der Waals surface area contributed by atoms with Crippen LogP contribution in [0.25, 0.3) is 10.9 Å². The number of H-pyrrole nitrogens is 1. The van der Waals surface area contributed by atoms with Gasteiger partial charge in [0.1, 0.15) is 11.4 Å². The Balaban J connectivity index is 1.56. The summed E-state index contributed by atoms with van der Waals surface area (Å²) in [5.41, 5.74) is 4.28. The number of rotatable bonds is 8. The van der Waals surface area contributed by atoms with Crippen molar-refractivity contribution in [2.45, 2.75) is 4.90 Å². The molecule has 10 nitrogen and oxygen atoms in total. The van der Waals surface area contributed by atoms with Crippen molar-refractivity contribution in [3.8, 4) is 5.75 Å². The van der Waals surface area contributed by atoms with E-state index >= 15 is 0 Å². The first-order valence-corrected chi connectivity index (χ1v) is 11.2. The lowest BCUT2D eigenvalue weighted by Crippen LogP contribution is -2.13. The van der Waals surface area contributed by atoms with Crippen LogP contribution in [0.3, 0.4) is 0 Å². The van der Waals surface area contributed by atoms with Crippen LogP contribution in [0.1, 0.15) is 5.56 Å². The van der Waals surface area contributed by atoms with Gasteiger partial charge in [-0.05, 0) is 42.5 Å². The van der Waals surface area contributed by atoms with E-state index in [-0.39, 0.29) is 10.6 Å². The molecule has 0 fully saturated rings. The molecule has 0 saturated heterocycles. The molecule has 3 aromatic carbocycles. The number of hydrogen-bond acceptors (Lipinski definition) is 7. The second-order valence-electron chi connectivity index (χ2n) is 6.93. The Bertz CT molecular complexity index is 1450. The number of fused-ring (bicyclic) bond motifs is 1. The molecule has 0 aliphatic rings. The molecule has 11 heteroatoms. The Labute approximate surface area is 189 Å². The number of ether oxygens (including phenoxy) is 1. The number of methoxy groups -OCH3 is 1. The van der Waals surface area contributed by atoms with E-state index in [1.165, 1.54) is 37.6 Å². The van der Waals surface area contributed by atoms with Crippen molar-refractivity contribution in [1.29, 1.82) is 0 Å². The fraction of sp³-hybridized carbons (Fsp3) is 0.0455. The minimum Gasteiger partial charge on any atom is -0.497 e. The first-order valence-electron chi connectivity index (χ1n) is 9.68. The molecule has 0 aliphatic heterocycles. The number of hydrogen-bond donors (Lipinski definition) is 3. The van der Waals surface area contributed by atoms with E-state index in [9.17, 15) is 18.5 Å². The lowest BCUT2D eigenvalue weighted by molar-refractivity contribution is -0.384. The number of hydrazone groups is 1. The second-order valence-corrected chi connectivity index (χ2v) is 8.61. The van der Waals surface area contributed by atoms with Crippen LogP contribution in [-0.4, -0.2) is 31.6 Å². The third-order valence-corrected chi connectivity index (χ3v) is 6.21. The van der Waals surface area contributed by atoms with Gasteiger partial charge in [0.15, 0.2) is 0 Å². The maximum absolute atomic E-state index is 12.7. The quantitative estimate of drug-likeness (QED) is 0.201. The predicted octanol–water partition coefficient (Wildman–Crippen LogP) is 4.33. The molecule has 1 aromatic heterocycles. The lowest BCUT2D eigenvalue weighted by Gasteiger charge is -2.10. The molecule has 0 saturated carbocycles. The van der Waals surface area contributed by atoms with Crippen molar-refractivity contribution < 1.29 is 18.1 Å². The zero-order valence-electron chi connectivity index (χ0n) is 17.3. The number of nitro groups is 1. The van der Waals surface area contributed by atoms with Crippen LogP contribution < -0.4 is 14.9 Å². The molecule has 3 N–H and O–H groups in total. The minimum absolute atomic E-state index is 0.0551. The maximum Gasteiger partial charge on any atom is 0.295 e. The van der Waals surface area contributed by atoms with E-state index in [2.05, 4.69) is 20.2 Å². The van der Waals surface area contributed by atoms with Crippen LogP contribution in [0.2, 0.25) is 0 Å². The molecule has 4 rings (SSSR count). The number of sulfonamides is 1. The fourth-order valence-electron chi connectivity index (χ4n) is 3.17. The van der Waals surface area contributed by atoms with Gasteiger partial charge in [-0.3, -0.25) is 20.3 Å². The fourth-order valence-corrected chi connectivity index (χ4v) is 4.25. The molecule has 0 unspecified atom stereocenters. The van der Waals surface area contributed by atoms with Crippen molar-refractivity contribution in [3.05, 3.63) is 88.6 Å². The Kier molecular flexibility index (Phi) is 5.96. The summed E-state index contributed by atoms with van der Waals surface area (Å²) in [4.78, 5) is 13.8. The molecule has 0 aliphatic carbocycles. The smallest absolute Gasteiger partial charge is 0.295 e. The molecule has 0 radical (unpaired) electrons. The van der Waals surface area contributed by atoms with Gasteiger partial charge in [-0.15, -0.1) is 0 Å². The van der Waals surface area contributed by atoms with E-state index < -0.39 is 20.6 Å². The number of nitrogens with zero attached hydrogens (tertiary/aromatic N) is 2. The van der Waals surface area contributed by atoms with Gasteiger partial charge >= 0.3 is 0 Å². The summed E-state index contributed by atoms with van der Waals surface area (Å²) in [5, 5.41) is 16.6. The zero-order chi connectivity index (χ0) is 23.4. The van der Waals surface area contributed by atoms with Gasteiger partial charge in [0, 0.05) is 34.4 Å². The summed E-state index contributed by atoms with van der Waals surface area (Å²) in [7, 11) is -2.55. The van der Waals surface area contributed by atoms with Gasteiger partial charge in [-0.1, -0.05) is 18.2 Å². The Hall–Kier alpha value is -4.38. The topological polar surface area (TPSA) is 139 Å². The number of nitro benzene ring substituents is 1. The molecular weight excluding hydrogens is 446 g/mol. The van der Waals surface area contributed by atoms with E-state index in [0.717, 1.165) is 22.5 Å². The first kappa shape index (κ1) is 21.8. The van der Waals surface area contributed by atoms with Gasteiger partial charge in [0.05, 0.1) is 23.1 Å². The van der Waals surface area contributed by atoms with Crippen molar-refractivity contribution >= 4 is 44.2 Å². The molecular formula is C22H19N5O5S. The summed E-state index contributed by atoms with van der Waals surface area (Å²) >= 11 is 0. The third kappa shape index (κ3) is 4.77. The summed E-state index contributed by atoms with van der Waals surface area (Å²) < 4.78 is 32.9. The Morgan fingerprint density at radius 3 is 2.58 bits per heavy atom. The van der Waals surface area contributed by atoms with Crippen LogP contribution >= 0.6 is 0 Å². The van der Waals surface area contributed by atoms with Gasteiger partial charge in [0.25, 0.3) is 15.7 Å². The third-order valence-electron chi connectivity index (χ3n) is 4.83. The van der Waals surface area contributed by atoms with Crippen LogP contribution in [0.15, 0.2) is 82.9 Å². The van der Waals surface area contributed by atoms with E-state index in [1.807, 2.05) is 24.3 Å². The first-order chi connectivity index (χ1) is 15.9. The summed E-state index contributed by atoms with van der Waals surface area (Å²) in [6, 6.07) is 17.4. The average molecular weight is 465 g/mol. The van der Waals surface area contributed by atoms with Gasteiger partial charge in [-0.2, -0.15) is 5.10 Å². The molecule has 0 bridgehead atoms. The van der Waals surface area contributed by atoms with Crippen LogP contribution in [0, 0.1) is 10.1 Å². The molecule has 4 aromatic rings. The molecule has 0 spiro atoms. The summed E-state index contributed by atoms with van der Waals surface area (Å²) in [6.07, 6.45) is 3.29. The largest absolute Gasteiger partial charge is 0.497 e. The zero-order valence-corrected chi connectivity index (χ0v) is 18.2. The normalized spacial score (nSPS) is 11.5. The Morgan fingerprint density at radius 1 is 1.09 bits per heavy atom. The van der Waals surface area contributed by atoms with Crippen molar-refractivity contribution in [2.24, 2.45) is 5.10 Å². The molecule has 168 valence electrons. The van der Waals surface area contributed by atoms with E-state index in [4.69, 9.17) is 4.74 Å². The van der Waals surface area contributed by atoms with Crippen LogP contribution in [-0.2, 0) is 10.0 Å². The summed E-state index contributed by atoms with van der Waals surface area (Å²) in [6.45, 7) is 0. The number of nitrogens with one attached hydrogen (secondary N) is 3. The number of aromatic amines is 1. The molecule has 1 heterocycles. The van der Waals surface area contributed by atoms with Gasteiger partial charge in [-0.25, -0.2) is 8.42 Å². The Morgan fingerprint density at radius 2 is 1.85 bits per heavy atom. The van der Waals surface area contributed by atoms with E-state index in [1.54, 1.807) is 18.3 Å². The van der Waals surface area contributed by atoms with Crippen molar-refractivity contribution in [2.75, 3.05) is 17.3 Å². The standard InChI is InChI=1S/C22H19N5O5S/c1-32-17-8-6-16(7-9-17)26-33(30,31)18-10-11-21(22(12-18)27(28)29)25-24-14-15-13-23-20-5-3-2-4-19(15)20/h2-14,23,25-26H,1H3. The van der Waals surface area contributed by atoms with Crippen LogP contribution in [0.5, 0.6) is 5.75 Å². The predicted molar refractivity (Wildman–Crippen MR) is 126 cm³/mol.